The predicted octanol–water partition coefficient (Wildman–Crippen LogP) is 0.194. The van der Waals surface area contributed by atoms with Crippen LogP contribution in [0.3, 0.4) is 0 Å². The molecule has 0 saturated carbocycles. The van der Waals surface area contributed by atoms with Crippen molar-refractivity contribution in [3.63, 3.8) is 0 Å². The molecule has 3 heterocycles. The zero-order chi connectivity index (χ0) is 11.7. The van der Waals surface area contributed by atoms with Crippen LogP contribution in [0.15, 0.2) is 11.6 Å². The number of ether oxygens (including phenoxy) is 2. The molecule has 0 N–H and O–H groups in total. The lowest BCUT2D eigenvalue weighted by molar-refractivity contribution is -0.183. The first-order chi connectivity index (χ1) is 7.44. The van der Waals surface area contributed by atoms with Crippen LogP contribution in [0.4, 0.5) is 0 Å². The zero-order valence-corrected chi connectivity index (χ0v) is 8.85. The van der Waals surface area contributed by atoms with Crippen molar-refractivity contribution in [1.29, 1.82) is 0 Å². The van der Waals surface area contributed by atoms with Crippen LogP contribution in [0.2, 0.25) is 0 Å². The SMILES string of the molecule is CC1=CC2(C)OC(=O)C1C1C(=O)OC(=O)C12. The van der Waals surface area contributed by atoms with Crippen LogP contribution in [-0.2, 0) is 23.9 Å². The zero-order valence-electron chi connectivity index (χ0n) is 8.85. The third-order valence-electron chi connectivity index (χ3n) is 3.64. The second kappa shape index (κ2) is 2.53. The molecule has 0 aromatic heterocycles. The fourth-order valence-electron chi connectivity index (χ4n) is 3.05. The summed E-state index contributed by atoms with van der Waals surface area (Å²) < 4.78 is 9.81. The number of esters is 3. The average Bonchev–Trinajstić information content (AvgIpc) is 2.41. The third kappa shape index (κ3) is 0.887. The number of rotatable bonds is 0. The van der Waals surface area contributed by atoms with Gasteiger partial charge < -0.3 is 9.47 Å². The number of carbonyl (C=O) groups excluding carboxylic acids is 3. The highest BCUT2D eigenvalue weighted by atomic mass is 16.6. The summed E-state index contributed by atoms with van der Waals surface area (Å²) in [5.41, 5.74) is -0.240. The Bertz CT molecular complexity index is 463. The van der Waals surface area contributed by atoms with Crippen molar-refractivity contribution in [1.82, 2.24) is 0 Å². The summed E-state index contributed by atoms with van der Waals surface area (Å²) in [7, 11) is 0. The minimum atomic E-state index is -1.02. The Morgan fingerprint density at radius 1 is 1.19 bits per heavy atom. The molecule has 2 saturated heterocycles. The molecule has 4 aliphatic rings. The van der Waals surface area contributed by atoms with Crippen molar-refractivity contribution in [2.75, 3.05) is 0 Å². The molecule has 2 bridgehead atoms. The first kappa shape index (κ1) is 9.57. The van der Waals surface area contributed by atoms with Gasteiger partial charge in [0.1, 0.15) is 11.5 Å². The van der Waals surface area contributed by atoms with Crippen LogP contribution in [-0.4, -0.2) is 23.5 Å². The molecule has 0 spiro atoms. The van der Waals surface area contributed by atoms with E-state index in [4.69, 9.17) is 4.74 Å². The van der Waals surface area contributed by atoms with Gasteiger partial charge in [-0.1, -0.05) is 5.57 Å². The van der Waals surface area contributed by atoms with E-state index in [1.54, 1.807) is 19.9 Å². The molecule has 0 amide bonds. The minimum absolute atomic E-state index is 0.435. The summed E-state index contributed by atoms with van der Waals surface area (Å²) in [6, 6.07) is 0. The maximum absolute atomic E-state index is 11.7. The lowest BCUT2D eigenvalue weighted by Crippen LogP contribution is -2.57. The number of fused-ring (bicyclic) bond motifs is 1. The number of cyclic esters (lactones) is 2. The molecule has 2 fully saturated rings. The Hall–Kier alpha value is -1.65. The molecule has 3 aliphatic heterocycles. The normalized spacial score (nSPS) is 45.0. The fourth-order valence-corrected chi connectivity index (χ4v) is 3.05. The molecule has 1 aliphatic carbocycles. The monoisotopic (exact) mass is 222 g/mol. The van der Waals surface area contributed by atoms with Crippen LogP contribution in [0, 0.1) is 17.8 Å². The van der Waals surface area contributed by atoms with Gasteiger partial charge in [0.05, 0.1) is 11.8 Å². The van der Waals surface area contributed by atoms with E-state index in [2.05, 4.69) is 4.74 Å². The number of hydrogen-bond donors (Lipinski definition) is 0. The van der Waals surface area contributed by atoms with Crippen molar-refractivity contribution >= 4 is 17.9 Å². The fraction of sp³-hybridized carbons (Fsp3) is 0.545. The number of carbonyl (C=O) groups is 3. The van der Waals surface area contributed by atoms with Crippen LogP contribution in [0.25, 0.3) is 0 Å². The Balaban J connectivity index is 2.21. The first-order valence-corrected chi connectivity index (χ1v) is 5.12. The van der Waals surface area contributed by atoms with Gasteiger partial charge in [0, 0.05) is 0 Å². The molecule has 0 radical (unpaired) electrons. The lowest BCUT2D eigenvalue weighted by Gasteiger charge is -2.45. The van der Waals surface area contributed by atoms with Gasteiger partial charge in [-0.05, 0) is 19.9 Å². The molecule has 5 heteroatoms. The van der Waals surface area contributed by atoms with E-state index >= 15 is 0 Å². The lowest BCUT2D eigenvalue weighted by atomic mass is 9.64. The molecule has 0 aromatic rings. The summed E-state index contributed by atoms with van der Waals surface area (Å²) >= 11 is 0. The van der Waals surface area contributed by atoms with Gasteiger partial charge in [-0.15, -0.1) is 0 Å². The minimum Gasteiger partial charge on any atom is -0.454 e. The van der Waals surface area contributed by atoms with Gasteiger partial charge in [-0.2, -0.15) is 0 Å². The molecular weight excluding hydrogens is 212 g/mol. The van der Waals surface area contributed by atoms with E-state index in [1.807, 2.05) is 0 Å². The second-order valence-corrected chi connectivity index (χ2v) is 4.71. The van der Waals surface area contributed by atoms with Crippen molar-refractivity contribution in [3.05, 3.63) is 11.6 Å². The summed E-state index contributed by atoms with van der Waals surface area (Å²) in [6.07, 6.45) is 1.75. The Labute approximate surface area is 91.4 Å². The largest absolute Gasteiger partial charge is 0.454 e. The second-order valence-electron chi connectivity index (χ2n) is 4.71. The van der Waals surface area contributed by atoms with Crippen LogP contribution >= 0.6 is 0 Å². The molecule has 0 aromatic carbocycles. The quantitative estimate of drug-likeness (QED) is 0.332. The Morgan fingerprint density at radius 3 is 2.50 bits per heavy atom. The van der Waals surface area contributed by atoms with Gasteiger partial charge in [0.25, 0.3) is 0 Å². The molecule has 5 nitrogen and oxygen atoms in total. The summed E-state index contributed by atoms with van der Waals surface area (Å²) in [4.78, 5) is 34.8. The Kier molecular flexibility index (Phi) is 1.51. The summed E-state index contributed by atoms with van der Waals surface area (Å²) in [6.45, 7) is 3.41. The van der Waals surface area contributed by atoms with E-state index in [0.29, 0.717) is 0 Å². The van der Waals surface area contributed by atoms with E-state index < -0.39 is 41.3 Å². The average molecular weight is 222 g/mol. The van der Waals surface area contributed by atoms with Crippen molar-refractivity contribution < 1.29 is 23.9 Å². The molecule has 16 heavy (non-hydrogen) atoms. The molecular formula is C11H10O5. The Morgan fingerprint density at radius 2 is 1.88 bits per heavy atom. The maximum atomic E-state index is 11.7. The van der Waals surface area contributed by atoms with Crippen molar-refractivity contribution in [2.45, 2.75) is 19.4 Å². The van der Waals surface area contributed by atoms with Gasteiger partial charge in [0.15, 0.2) is 0 Å². The van der Waals surface area contributed by atoms with Crippen LogP contribution in [0.1, 0.15) is 13.8 Å². The van der Waals surface area contributed by atoms with Gasteiger partial charge >= 0.3 is 17.9 Å². The van der Waals surface area contributed by atoms with E-state index in [-0.39, 0.29) is 0 Å². The first-order valence-electron chi connectivity index (χ1n) is 5.12. The van der Waals surface area contributed by atoms with Gasteiger partial charge in [0.2, 0.25) is 0 Å². The maximum Gasteiger partial charge on any atom is 0.321 e. The van der Waals surface area contributed by atoms with Gasteiger partial charge in [-0.3, -0.25) is 14.4 Å². The molecule has 4 unspecified atom stereocenters. The summed E-state index contributed by atoms with van der Waals surface area (Å²) in [5.74, 6) is -3.63. The topological polar surface area (TPSA) is 69.7 Å². The highest BCUT2D eigenvalue weighted by Gasteiger charge is 2.66. The van der Waals surface area contributed by atoms with Crippen molar-refractivity contribution in [2.24, 2.45) is 17.8 Å². The third-order valence-corrected chi connectivity index (χ3v) is 3.64. The van der Waals surface area contributed by atoms with E-state index in [9.17, 15) is 14.4 Å². The van der Waals surface area contributed by atoms with Gasteiger partial charge in [-0.25, -0.2) is 0 Å². The number of hydrogen-bond acceptors (Lipinski definition) is 5. The van der Waals surface area contributed by atoms with E-state index in [0.717, 1.165) is 5.57 Å². The van der Waals surface area contributed by atoms with Crippen LogP contribution < -0.4 is 0 Å². The smallest absolute Gasteiger partial charge is 0.321 e. The molecule has 84 valence electrons. The highest BCUT2D eigenvalue weighted by Crippen LogP contribution is 2.51. The van der Waals surface area contributed by atoms with Crippen molar-refractivity contribution in [3.8, 4) is 0 Å². The molecule has 4 rings (SSSR count). The standard InChI is InChI=1S/C11H10O5/c1-4-3-11(2)7-6(5(4)9(13)16-11)8(12)15-10(7)14/h3,5-7H,1-2H3. The molecule has 4 atom stereocenters. The van der Waals surface area contributed by atoms with Crippen LogP contribution in [0.5, 0.6) is 0 Å². The highest BCUT2D eigenvalue weighted by molar-refractivity contribution is 6.02. The summed E-state index contributed by atoms with van der Waals surface area (Å²) in [5, 5.41) is 0. The van der Waals surface area contributed by atoms with E-state index in [1.165, 1.54) is 0 Å². The predicted molar refractivity (Wildman–Crippen MR) is 49.8 cm³/mol.